The number of furan rings is 1. The van der Waals surface area contributed by atoms with E-state index in [2.05, 4.69) is 0 Å². The SMILES string of the molecule is CCOC(=O)C1CCCN(C(=O)c2cc3occc3n2Cc2cccc(Cl)c2)C1. The minimum atomic E-state index is -0.271. The van der Waals surface area contributed by atoms with Crippen LogP contribution in [0.3, 0.4) is 0 Å². The number of piperidine rings is 1. The summed E-state index contributed by atoms with van der Waals surface area (Å²) in [5.74, 6) is -0.604. The molecular weight excluding hydrogens is 392 g/mol. The monoisotopic (exact) mass is 414 g/mol. The Labute approximate surface area is 174 Å². The second kappa shape index (κ2) is 8.33. The Bertz CT molecular complexity index is 1040. The lowest BCUT2D eigenvalue weighted by Gasteiger charge is -2.31. The predicted octanol–water partition coefficient (Wildman–Crippen LogP) is 4.35. The number of nitrogens with zero attached hydrogens (tertiary/aromatic N) is 2. The van der Waals surface area contributed by atoms with Crippen LogP contribution in [0.15, 0.2) is 47.1 Å². The summed E-state index contributed by atoms with van der Waals surface area (Å²) >= 11 is 6.13. The van der Waals surface area contributed by atoms with Crippen molar-refractivity contribution < 1.29 is 18.7 Å². The smallest absolute Gasteiger partial charge is 0.310 e. The summed E-state index contributed by atoms with van der Waals surface area (Å²) in [4.78, 5) is 27.2. The van der Waals surface area contributed by atoms with Crippen LogP contribution in [0.25, 0.3) is 11.1 Å². The van der Waals surface area contributed by atoms with Crippen molar-refractivity contribution in [2.45, 2.75) is 26.3 Å². The maximum absolute atomic E-state index is 13.4. The average molecular weight is 415 g/mol. The summed E-state index contributed by atoms with van der Waals surface area (Å²) in [6, 6.07) is 11.2. The van der Waals surface area contributed by atoms with Gasteiger partial charge in [-0.15, -0.1) is 0 Å². The molecule has 1 aromatic carbocycles. The van der Waals surface area contributed by atoms with Crippen molar-refractivity contribution in [3.05, 3.63) is 58.9 Å². The largest absolute Gasteiger partial charge is 0.466 e. The minimum absolute atomic E-state index is 0.104. The Hall–Kier alpha value is -2.73. The van der Waals surface area contributed by atoms with E-state index in [0.29, 0.717) is 42.5 Å². The molecular formula is C22H23ClN2O4. The molecule has 0 aliphatic carbocycles. The zero-order chi connectivity index (χ0) is 20.4. The number of ether oxygens (including phenoxy) is 1. The molecule has 152 valence electrons. The quantitative estimate of drug-likeness (QED) is 0.582. The molecule has 1 unspecified atom stereocenters. The number of amides is 1. The van der Waals surface area contributed by atoms with Gasteiger partial charge >= 0.3 is 5.97 Å². The van der Waals surface area contributed by atoms with Crippen molar-refractivity contribution in [2.24, 2.45) is 5.92 Å². The van der Waals surface area contributed by atoms with E-state index in [1.807, 2.05) is 34.9 Å². The van der Waals surface area contributed by atoms with Gasteiger partial charge in [-0.05, 0) is 37.5 Å². The maximum Gasteiger partial charge on any atom is 0.310 e. The molecule has 0 saturated carbocycles. The van der Waals surface area contributed by atoms with E-state index in [1.165, 1.54) is 0 Å². The Morgan fingerprint density at radius 3 is 2.93 bits per heavy atom. The Balaban J connectivity index is 1.62. The molecule has 29 heavy (non-hydrogen) atoms. The van der Waals surface area contributed by atoms with Gasteiger partial charge < -0.3 is 18.6 Å². The molecule has 6 nitrogen and oxygen atoms in total. The highest BCUT2D eigenvalue weighted by molar-refractivity contribution is 6.30. The number of aromatic nitrogens is 1. The number of carbonyl (C=O) groups excluding carboxylic acids is 2. The molecule has 0 radical (unpaired) electrons. The number of rotatable bonds is 5. The molecule has 1 fully saturated rings. The lowest BCUT2D eigenvalue weighted by Crippen LogP contribution is -2.43. The van der Waals surface area contributed by atoms with Gasteiger partial charge in [0.2, 0.25) is 0 Å². The third kappa shape index (κ3) is 4.03. The van der Waals surface area contributed by atoms with Crippen molar-refractivity contribution in [3.63, 3.8) is 0 Å². The molecule has 0 N–H and O–H groups in total. The average Bonchev–Trinajstić information content (AvgIpc) is 3.30. The van der Waals surface area contributed by atoms with E-state index >= 15 is 0 Å². The summed E-state index contributed by atoms with van der Waals surface area (Å²) < 4.78 is 12.6. The molecule has 3 aromatic rings. The molecule has 3 heterocycles. The number of benzene rings is 1. The fraction of sp³-hybridized carbons (Fsp3) is 0.364. The number of carbonyl (C=O) groups is 2. The van der Waals surface area contributed by atoms with Crippen LogP contribution in [0.1, 0.15) is 35.8 Å². The van der Waals surface area contributed by atoms with E-state index in [1.54, 1.807) is 24.2 Å². The van der Waals surface area contributed by atoms with Crippen LogP contribution in [-0.4, -0.2) is 41.0 Å². The van der Waals surface area contributed by atoms with Crippen LogP contribution >= 0.6 is 11.6 Å². The number of hydrogen-bond acceptors (Lipinski definition) is 4. The van der Waals surface area contributed by atoms with Crippen LogP contribution in [-0.2, 0) is 16.1 Å². The normalized spacial score (nSPS) is 16.9. The second-order valence-electron chi connectivity index (χ2n) is 7.26. The summed E-state index contributed by atoms with van der Waals surface area (Å²) in [6.07, 6.45) is 3.14. The molecule has 1 aliphatic rings. The number of hydrogen-bond donors (Lipinski definition) is 0. The first-order chi connectivity index (χ1) is 14.1. The van der Waals surface area contributed by atoms with Gasteiger partial charge in [0.15, 0.2) is 5.58 Å². The highest BCUT2D eigenvalue weighted by Crippen LogP contribution is 2.26. The van der Waals surface area contributed by atoms with Crippen LogP contribution in [0.4, 0.5) is 0 Å². The topological polar surface area (TPSA) is 64.7 Å². The van der Waals surface area contributed by atoms with Crippen molar-refractivity contribution in [3.8, 4) is 0 Å². The van der Waals surface area contributed by atoms with Crippen LogP contribution in [0, 0.1) is 5.92 Å². The molecule has 2 aromatic heterocycles. The Kier molecular flexibility index (Phi) is 5.62. The molecule has 1 saturated heterocycles. The first-order valence-electron chi connectivity index (χ1n) is 9.84. The standard InChI is InChI=1S/C22H23ClN2O4/c1-2-28-22(27)16-6-4-9-24(14-16)21(26)19-12-20-18(8-10-29-20)25(19)13-15-5-3-7-17(23)11-15/h3,5,7-8,10-12,16H,2,4,6,9,13-14H2,1H3. The lowest BCUT2D eigenvalue weighted by atomic mass is 9.98. The van der Waals surface area contributed by atoms with Crippen LogP contribution < -0.4 is 0 Å². The van der Waals surface area contributed by atoms with Gasteiger partial charge in [-0.25, -0.2) is 0 Å². The summed E-state index contributed by atoms with van der Waals surface area (Å²) in [5, 5.41) is 0.652. The van der Waals surface area contributed by atoms with E-state index < -0.39 is 0 Å². The van der Waals surface area contributed by atoms with Gasteiger partial charge in [-0.2, -0.15) is 0 Å². The molecule has 7 heteroatoms. The van der Waals surface area contributed by atoms with Crippen molar-refractivity contribution in [2.75, 3.05) is 19.7 Å². The Morgan fingerprint density at radius 1 is 1.28 bits per heavy atom. The van der Waals surface area contributed by atoms with Gasteiger partial charge in [-0.3, -0.25) is 9.59 Å². The van der Waals surface area contributed by atoms with E-state index in [9.17, 15) is 9.59 Å². The molecule has 0 spiro atoms. The van der Waals surface area contributed by atoms with Crippen molar-refractivity contribution in [1.29, 1.82) is 0 Å². The van der Waals surface area contributed by atoms with Crippen molar-refractivity contribution in [1.82, 2.24) is 9.47 Å². The number of esters is 1. The molecule has 4 rings (SSSR count). The number of halogens is 1. The first-order valence-corrected chi connectivity index (χ1v) is 10.2. The van der Waals surface area contributed by atoms with Gasteiger partial charge in [0.25, 0.3) is 5.91 Å². The maximum atomic E-state index is 13.4. The van der Waals surface area contributed by atoms with E-state index in [0.717, 1.165) is 23.9 Å². The summed E-state index contributed by atoms with van der Waals surface area (Å²) in [7, 11) is 0. The molecule has 0 bridgehead atoms. The highest BCUT2D eigenvalue weighted by atomic mass is 35.5. The molecule has 1 atom stereocenters. The van der Waals surface area contributed by atoms with E-state index in [4.69, 9.17) is 20.8 Å². The van der Waals surface area contributed by atoms with Gasteiger partial charge in [0.1, 0.15) is 5.69 Å². The predicted molar refractivity (Wildman–Crippen MR) is 110 cm³/mol. The first kappa shape index (κ1) is 19.6. The number of fused-ring (bicyclic) bond motifs is 1. The fourth-order valence-electron chi connectivity index (χ4n) is 3.92. The Morgan fingerprint density at radius 2 is 2.14 bits per heavy atom. The van der Waals surface area contributed by atoms with Gasteiger partial charge in [0, 0.05) is 36.8 Å². The lowest BCUT2D eigenvalue weighted by molar-refractivity contribution is -0.149. The zero-order valence-corrected chi connectivity index (χ0v) is 17.0. The van der Waals surface area contributed by atoms with Gasteiger partial charge in [-0.1, -0.05) is 23.7 Å². The van der Waals surface area contributed by atoms with Crippen LogP contribution in [0.5, 0.6) is 0 Å². The summed E-state index contributed by atoms with van der Waals surface area (Å²) in [6.45, 7) is 3.64. The van der Waals surface area contributed by atoms with Gasteiger partial charge in [0.05, 0.1) is 24.3 Å². The third-order valence-corrected chi connectivity index (χ3v) is 5.54. The fourth-order valence-corrected chi connectivity index (χ4v) is 4.13. The van der Waals surface area contributed by atoms with Crippen molar-refractivity contribution >= 4 is 34.6 Å². The summed E-state index contributed by atoms with van der Waals surface area (Å²) in [5.41, 5.74) is 3.05. The zero-order valence-electron chi connectivity index (χ0n) is 16.3. The second-order valence-corrected chi connectivity index (χ2v) is 7.69. The molecule has 1 amide bonds. The minimum Gasteiger partial charge on any atom is -0.466 e. The molecule has 1 aliphatic heterocycles. The number of likely N-dealkylation sites (tertiary alicyclic amines) is 1. The highest BCUT2D eigenvalue weighted by Gasteiger charge is 2.31. The van der Waals surface area contributed by atoms with Crippen LogP contribution in [0.2, 0.25) is 5.02 Å². The van der Waals surface area contributed by atoms with E-state index in [-0.39, 0.29) is 17.8 Å². The third-order valence-electron chi connectivity index (χ3n) is 5.30.